The number of amides is 1. The minimum absolute atomic E-state index is 0. The second kappa shape index (κ2) is 19.6. The summed E-state index contributed by atoms with van der Waals surface area (Å²) in [7, 11) is -2.68. The first-order valence-corrected chi connectivity index (χ1v) is 12.5. The predicted octanol–water partition coefficient (Wildman–Crippen LogP) is 2.57. The molecule has 0 fully saturated rings. The Morgan fingerprint density at radius 3 is 2.09 bits per heavy atom. The van der Waals surface area contributed by atoms with Crippen molar-refractivity contribution in [1.29, 1.82) is 0 Å². The smallest absolute Gasteiger partial charge is 0.748 e. The molecular weight excluding hydrogens is 441 g/mol. The van der Waals surface area contributed by atoms with Crippen molar-refractivity contribution in [3.05, 3.63) is 29.8 Å². The van der Waals surface area contributed by atoms with Crippen molar-refractivity contribution in [2.24, 2.45) is 0 Å². The van der Waals surface area contributed by atoms with Gasteiger partial charge in [-0.25, -0.2) is 13.2 Å². The summed E-state index contributed by atoms with van der Waals surface area (Å²) in [4.78, 5) is 12.1. The van der Waals surface area contributed by atoms with Gasteiger partial charge in [0, 0.05) is 12.3 Å². The summed E-state index contributed by atoms with van der Waals surface area (Å²) in [6, 6.07) is 7.42. The Morgan fingerprint density at radius 1 is 1.00 bits per heavy atom. The van der Waals surface area contributed by atoms with Crippen LogP contribution in [0, 0.1) is 0 Å². The van der Waals surface area contributed by atoms with E-state index in [-0.39, 0.29) is 56.1 Å². The molecule has 9 heteroatoms. The van der Waals surface area contributed by atoms with E-state index in [2.05, 4.69) is 12.2 Å². The van der Waals surface area contributed by atoms with Crippen LogP contribution in [0.5, 0.6) is 5.75 Å². The van der Waals surface area contributed by atoms with Crippen LogP contribution in [-0.4, -0.2) is 38.5 Å². The number of alkyl carbamates (subject to hydrolysis) is 1. The number of unbranched alkanes of at least 4 members (excludes halogenated alkanes) is 7. The van der Waals surface area contributed by atoms with Crippen LogP contribution < -0.4 is 39.6 Å². The molecule has 180 valence electrons. The molecule has 0 radical (unpaired) electrons. The number of carbonyl (C=O) groups is 1. The third-order valence-electron chi connectivity index (χ3n) is 4.90. The Balaban J connectivity index is 0. The van der Waals surface area contributed by atoms with Crippen molar-refractivity contribution in [3.8, 4) is 5.75 Å². The maximum atomic E-state index is 12.1. The summed E-state index contributed by atoms with van der Waals surface area (Å²) in [5, 5.41) is 2.52. The van der Waals surface area contributed by atoms with Gasteiger partial charge in [0.25, 0.3) is 0 Å². The van der Waals surface area contributed by atoms with E-state index in [9.17, 15) is 17.8 Å². The van der Waals surface area contributed by atoms with Crippen LogP contribution in [0.2, 0.25) is 0 Å². The van der Waals surface area contributed by atoms with Gasteiger partial charge in [0.2, 0.25) is 0 Å². The van der Waals surface area contributed by atoms with Crippen molar-refractivity contribution in [2.45, 2.75) is 84.7 Å². The van der Waals surface area contributed by atoms with Gasteiger partial charge in [0.05, 0.1) is 17.2 Å². The summed E-state index contributed by atoms with van der Waals surface area (Å²) in [5.74, 6) is 0.223. The molecular formula is C23H40NNaO6S. The first-order valence-electron chi connectivity index (χ1n) is 10.9. The molecule has 0 bridgehead atoms. The molecule has 7 nitrogen and oxygen atoms in total. The number of nitrogens with one attached hydrogen (secondary N) is 1. The summed E-state index contributed by atoms with van der Waals surface area (Å²) in [5.41, 5.74) is 0.885. The molecule has 1 N–H and O–H groups in total. The van der Waals surface area contributed by atoms with E-state index in [0.29, 0.717) is 6.42 Å². The third kappa shape index (κ3) is 16.8. The standard InChI is InChI=1S/C22H37NO6S.CH4.Na/c1-3-4-5-6-7-8-9-10-12-21(19-13-15-20(28-2)16-14-19)29-22(24)23-17-11-18-30(25,26)27;;/h13-16,21H,3-12,17-18H2,1-2H3,(H,23,24)(H,25,26,27);1H4;/q;;+1/p-1. The van der Waals surface area contributed by atoms with Crippen LogP contribution in [0.1, 0.15) is 90.2 Å². The molecule has 0 saturated carbocycles. The molecule has 1 unspecified atom stereocenters. The number of benzene rings is 1. The Labute approximate surface area is 217 Å². The largest absolute Gasteiger partial charge is 1.00 e. The molecule has 0 spiro atoms. The minimum Gasteiger partial charge on any atom is -0.748 e. The summed E-state index contributed by atoms with van der Waals surface area (Å²) < 4.78 is 42.6. The molecule has 1 rings (SSSR count). The number of methoxy groups -OCH3 is 1. The molecule has 1 aromatic carbocycles. The Kier molecular flexibility index (Phi) is 20.5. The van der Waals surface area contributed by atoms with E-state index >= 15 is 0 Å². The van der Waals surface area contributed by atoms with Gasteiger partial charge in [-0.3, -0.25) is 0 Å². The van der Waals surface area contributed by atoms with Crippen molar-refractivity contribution in [1.82, 2.24) is 5.32 Å². The number of hydrogen-bond donors (Lipinski definition) is 1. The quantitative estimate of drug-likeness (QED) is 0.221. The minimum atomic E-state index is -4.27. The average Bonchev–Trinajstić information content (AvgIpc) is 2.71. The molecule has 0 heterocycles. The monoisotopic (exact) mass is 481 g/mol. The first kappa shape index (κ1) is 33.4. The van der Waals surface area contributed by atoms with E-state index in [0.717, 1.165) is 24.2 Å². The molecule has 0 aliphatic heterocycles. The molecule has 0 aliphatic rings. The maximum Gasteiger partial charge on any atom is 1.00 e. The van der Waals surface area contributed by atoms with E-state index in [1.54, 1.807) is 7.11 Å². The molecule has 32 heavy (non-hydrogen) atoms. The molecule has 1 amide bonds. The van der Waals surface area contributed by atoms with Crippen LogP contribution in [0.4, 0.5) is 4.79 Å². The first-order chi connectivity index (χ1) is 14.4. The zero-order chi connectivity index (χ0) is 22.2. The van der Waals surface area contributed by atoms with Crippen LogP contribution in [-0.2, 0) is 14.9 Å². The fourth-order valence-corrected chi connectivity index (χ4v) is 3.68. The van der Waals surface area contributed by atoms with Gasteiger partial charge in [-0.05, 0) is 37.0 Å². The number of carbonyl (C=O) groups excluding carboxylic acids is 1. The van der Waals surface area contributed by atoms with Crippen molar-refractivity contribution < 1.29 is 56.8 Å². The topological polar surface area (TPSA) is 105 Å². The summed E-state index contributed by atoms with van der Waals surface area (Å²) in [6.45, 7) is 2.29. The Morgan fingerprint density at radius 2 is 1.56 bits per heavy atom. The second-order valence-corrected chi connectivity index (χ2v) is 9.00. The number of hydrogen-bond acceptors (Lipinski definition) is 6. The van der Waals surface area contributed by atoms with Gasteiger partial charge in [-0.2, -0.15) is 0 Å². The predicted molar refractivity (Wildman–Crippen MR) is 123 cm³/mol. The molecule has 0 saturated heterocycles. The SMILES string of the molecule is C.CCCCCCCCCCC(OC(=O)NCCCS(=O)(=O)[O-])c1ccc(OC)cc1.[Na+]. The van der Waals surface area contributed by atoms with Gasteiger partial charge in [0.1, 0.15) is 11.9 Å². The fraction of sp³-hybridized carbons (Fsp3) is 0.696. The molecule has 0 aromatic heterocycles. The maximum absolute atomic E-state index is 12.1. The van der Waals surface area contributed by atoms with Crippen LogP contribution in [0.25, 0.3) is 0 Å². The van der Waals surface area contributed by atoms with Crippen LogP contribution in [0.3, 0.4) is 0 Å². The van der Waals surface area contributed by atoms with Gasteiger partial charge in [-0.1, -0.05) is 71.4 Å². The van der Waals surface area contributed by atoms with Crippen LogP contribution >= 0.6 is 0 Å². The average molecular weight is 482 g/mol. The van der Waals surface area contributed by atoms with Crippen molar-refractivity contribution in [3.63, 3.8) is 0 Å². The van der Waals surface area contributed by atoms with Gasteiger partial charge in [0.15, 0.2) is 0 Å². The number of ether oxygens (including phenoxy) is 2. The summed E-state index contributed by atoms with van der Waals surface area (Å²) >= 11 is 0. The van der Waals surface area contributed by atoms with E-state index < -0.39 is 22.0 Å². The fourth-order valence-electron chi connectivity index (χ4n) is 3.19. The van der Waals surface area contributed by atoms with Crippen LogP contribution in [0.15, 0.2) is 24.3 Å². The normalized spacial score (nSPS) is 11.6. The van der Waals surface area contributed by atoms with E-state index in [1.165, 1.54) is 38.5 Å². The number of rotatable bonds is 16. The van der Waals surface area contributed by atoms with Gasteiger partial charge in [-0.15, -0.1) is 0 Å². The zero-order valence-corrected chi connectivity index (χ0v) is 22.0. The second-order valence-electron chi connectivity index (χ2n) is 7.47. The van der Waals surface area contributed by atoms with Crippen molar-refractivity contribution in [2.75, 3.05) is 19.4 Å². The molecule has 1 aromatic rings. The molecule has 0 aliphatic carbocycles. The Hall–Kier alpha value is -0.800. The van der Waals surface area contributed by atoms with Crippen molar-refractivity contribution >= 4 is 16.2 Å². The van der Waals surface area contributed by atoms with Gasteiger partial charge >= 0.3 is 35.7 Å². The van der Waals surface area contributed by atoms with Gasteiger partial charge < -0.3 is 19.3 Å². The zero-order valence-electron chi connectivity index (χ0n) is 19.2. The van der Waals surface area contributed by atoms with E-state index in [4.69, 9.17) is 9.47 Å². The summed E-state index contributed by atoms with van der Waals surface area (Å²) in [6.07, 6.45) is 9.33. The Bertz CT molecular complexity index is 697. The third-order valence-corrected chi connectivity index (χ3v) is 5.69. The molecule has 1 atom stereocenters. The van der Waals surface area contributed by atoms with E-state index in [1.807, 2.05) is 24.3 Å².